The molecular weight excluding hydrogens is 494 g/mol. The molecule has 0 heterocycles. The van der Waals surface area contributed by atoms with Crippen molar-refractivity contribution in [1.82, 2.24) is 5.32 Å². The third-order valence-corrected chi connectivity index (χ3v) is 8.28. The summed E-state index contributed by atoms with van der Waals surface area (Å²) in [5, 5.41) is 22.7. The summed E-state index contributed by atoms with van der Waals surface area (Å²) in [5.74, 6) is -0.0388. The lowest BCUT2D eigenvalue weighted by atomic mass is 10.0. The number of carbonyl (C=O) groups excluding carboxylic acids is 1. The van der Waals surface area contributed by atoms with Gasteiger partial charge in [-0.25, -0.2) is 0 Å². The Labute approximate surface area is 250 Å². The molecular formula is C36H71NO3. The molecule has 0 radical (unpaired) electrons. The minimum absolute atomic E-state index is 0.0388. The monoisotopic (exact) mass is 566 g/mol. The highest BCUT2D eigenvalue weighted by atomic mass is 16.3. The molecule has 238 valence electrons. The highest BCUT2D eigenvalue weighted by molar-refractivity contribution is 5.76. The molecule has 0 saturated carbocycles. The first-order valence-corrected chi connectivity index (χ1v) is 17.9. The first-order valence-electron chi connectivity index (χ1n) is 17.9. The number of aliphatic hydroxyl groups excluding tert-OH is 2. The molecule has 40 heavy (non-hydrogen) atoms. The number of carbonyl (C=O) groups is 1. The molecule has 2 atom stereocenters. The zero-order valence-corrected chi connectivity index (χ0v) is 27.1. The van der Waals surface area contributed by atoms with Crippen molar-refractivity contribution in [2.45, 2.75) is 206 Å². The van der Waals surface area contributed by atoms with Gasteiger partial charge in [-0.2, -0.15) is 0 Å². The average Bonchev–Trinajstić information content (AvgIpc) is 2.96. The van der Waals surface area contributed by atoms with Crippen LogP contribution in [0.2, 0.25) is 0 Å². The van der Waals surface area contributed by atoms with Crippen LogP contribution in [0, 0.1) is 0 Å². The van der Waals surface area contributed by atoms with E-state index in [2.05, 4.69) is 31.3 Å². The molecule has 2 unspecified atom stereocenters. The van der Waals surface area contributed by atoms with Gasteiger partial charge in [-0.05, 0) is 38.5 Å². The van der Waals surface area contributed by atoms with E-state index in [4.69, 9.17) is 0 Å². The van der Waals surface area contributed by atoms with Crippen LogP contribution in [0.25, 0.3) is 0 Å². The number of allylic oxidation sites excluding steroid dienone is 2. The van der Waals surface area contributed by atoms with Crippen molar-refractivity contribution in [2.75, 3.05) is 6.61 Å². The highest BCUT2D eigenvalue weighted by Crippen LogP contribution is 2.14. The number of amides is 1. The van der Waals surface area contributed by atoms with Gasteiger partial charge in [0.2, 0.25) is 5.91 Å². The molecule has 0 spiro atoms. The molecule has 0 aliphatic rings. The molecule has 0 aromatic rings. The minimum atomic E-state index is -0.651. The maximum atomic E-state index is 12.2. The van der Waals surface area contributed by atoms with Gasteiger partial charge < -0.3 is 15.5 Å². The zero-order chi connectivity index (χ0) is 29.4. The molecule has 0 aliphatic heterocycles. The Balaban J connectivity index is 3.41. The topological polar surface area (TPSA) is 69.6 Å². The summed E-state index contributed by atoms with van der Waals surface area (Å²) in [7, 11) is 0. The van der Waals surface area contributed by atoms with Crippen molar-refractivity contribution in [2.24, 2.45) is 0 Å². The molecule has 0 saturated heterocycles. The van der Waals surface area contributed by atoms with Crippen molar-refractivity contribution in [3.8, 4) is 0 Å². The van der Waals surface area contributed by atoms with Crippen LogP contribution >= 0.6 is 0 Å². The second-order valence-corrected chi connectivity index (χ2v) is 12.3. The van der Waals surface area contributed by atoms with E-state index in [1.807, 2.05) is 0 Å². The fraction of sp³-hybridized carbons (Fsp3) is 0.917. The molecule has 4 heteroatoms. The van der Waals surface area contributed by atoms with Gasteiger partial charge in [0, 0.05) is 6.42 Å². The van der Waals surface area contributed by atoms with Crippen molar-refractivity contribution in [3.05, 3.63) is 12.2 Å². The summed E-state index contributed by atoms with van der Waals surface area (Å²) in [6.45, 7) is 4.28. The van der Waals surface area contributed by atoms with Crippen LogP contribution < -0.4 is 5.32 Å². The van der Waals surface area contributed by atoms with Crippen LogP contribution in [0.4, 0.5) is 0 Å². The maximum absolute atomic E-state index is 12.2. The first-order chi connectivity index (χ1) is 19.7. The van der Waals surface area contributed by atoms with Gasteiger partial charge >= 0.3 is 0 Å². The van der Waals surface area contributed by atoms with Gasteiger partial charge in [0.15, 0.2) is 0 Å². The van der Waals surface area contributed by atoms with E-state index in [1.54, 1.807) is 0 Å². The lowest BCUT2D eigenvalue weighted by Gasteiger charge is -2.22. The van der Waals surface area contributed by atoms with Gasteiger partial charge in [-0.15, -0.1) is 0 Å². The number of hydrogen-bond donors (Lipinski definition) is 3. The van der Waals surface area contributed by atoms with E-state index in [9.17, 15) is 15.0 Å². The van der Waals surface area contributed by atoms with E-state index in [1.165, 1.54) is 141 Å². The van der Waals surface area contributed by atoms with Gasteiger partial charge in [0.25, 0.3) is 0 Å². The highest BCUT2D eigenvalue weighted by Gasteiger charge is 2.19. The number of nitrogens with one attached hydrogen (secondary N) is 1. The Morgan fingerprint density at radius 1 is 0.575 bits per heavy atom. The van der Waals surface area contributed by atoms with E-state index < -0.39 is 12.1 Å². The Hall–Kier alpha value is -0.870. The number of rotatable bonds is 32. The van der Waals surface area contributed by atoms with E-state index >= 15 is 0 Å². The standard InChI is InChI=1S/C36H71NO3/c1-3-5-7-9-10-11-12-13-14-15-16-17-18-19-20-21-22-23-24-25-26-28-30-32-36(40)37-34(33-38)35(39)31-29-27-8-6-4-2/h15-16,34-35,38-39H,3-14,17-33H2,1-2H3,(H,37,40)/b16-15-. The predicted molar refractivity (Wildman–Crippen MR) is 175 cm³/mol. The van der Waals surface area contributed by atoms with Gasteiger partial charge in [-0.1, -0.05) is 161 Å². The van der Waals surface area contributed by atoms with Crippen LogP contribution in [0.5, 0.6) is 0 Å². The Bertz CT molecular complexity index is 536. The lowest BCUT2D eigenvalue weighted by molar-refractivity contribution is -0.123. The molecule has 0 bridgehead atoms. The summed E-state index contributed by atoms with van der Waals surface area (Å²) >= 11 is 0. The summed E-state index contributed by atoms with van der Waals surface area (Å²) in [6, 6.07) is -0.528. The number of aliphatic hydroxyl groups is 2. The third kappa shape index (κ3) is 28.7. The first kappa shape index (κ1) is 39.1. The van der Waals surface area contributed by atoms with Gasteiger partial charge in [-0.3, -0.25) is 4.79 Å². The second kappa shape index (κ2) is 32.6. The SMILES string of the molecule is CCCCCCCCCC/C=C\CCCCCCCCCCCCCC(=O)NC(CO)C(O)CCCCCCC. The summed E-state index contributed by atoms with van der Waals surface area (Å²) in [4.78, 5) is 12.2. The van der Waals surface area contributed by atoms with Crippen molar-refractivity contribution < 1.29 is 15.0 Å². The van der Waals surface area contributed by atoms with Crippen LogP contribution in [0.1, 0.15) is 194 Å². The molecule has 0 aromatic carbocycles. The second-order valence-electron chi connectivity index (χ2n) is 12.3. The molecule has 3 N–H and O–H groups in total. The van der Waals surface area contributed by atoms with Crippen molar-refractivity contribution >= 4 is 5.91 Å². The zero-order valence-electron chi connectivity index (χ0n) is 27.1. The maximum Gasteiger partial charge on any atom is 0.220 e. The number of unbranched alkanes of at least 4 members (excludes halogenated alkanes) is 23. The third-order valence-electron chi connectivity index (χ3n) is 8.28. The predicted octanol–water partition coefficient (Wildman–Crippen LogP) is 10.3. The van der Waals surface area contributed by atoms with Gasteiger partial charge in [0.05, 0.1) is 18.8 Å². The summed E-state index contributed by atoms with van der Waals surface area (Å²) < 4.78 is 0. The van der Waals surface area contributed by atoms with Gasteiger partial charge in [0.1, 0.15) is 0 Å². The Morgan fingerprint density at radius 3 is 1.38 bits per heavy atom. The molecule has 0 aromatic heterocycles. The molecule has 1 amide bonds. The van der Waals surface area contributed by atoms with Crippen molar-refractivity contribution in [3.63, 3.8) is 0 Å². The van der Waals surface area contributed by atoms with E-state index in [0.717, 1.165) is 25.7 Å². The Morgan fingerprint density at radius 2 is 0.950 bits per heavy atom. The minimum Gasteiger partial charge on any atom is -0.394 e. The summed E-state index contributed by atoms with van der Waals surface area (Å²) in [5.41, 5.74) is 0. The average molecular weight is 566 g/mol. The smallest absolute Gasteiger partial charge is 0.220 e. The van der Waals surface area contributed by atoms with Crippen molar-refractivity contribution in [1.29, 1.82) is 0 Å². The van der Waals surface area contributed by atoms with Crippen LogP contribution in [-0.2, 0) is 4.79 Å². The molecule has 0 rings (SSSR count). The summed E-state index contributed by atoms with van der Waals surface area (Å²) in [6.07, 6.45) is 38.7. The fourth-order valence-electron chi connectivity index (χ4n) is 5.47. The molecule has 4 nitrogen and oxygen atoms in total. The van der Waals surface area contributed by atoms with E-state index in [0.29, 0.717) is 12.8 Å². The van der Waals surface area contributed by atoms with Crippen LogP contribution in [-0.4, -0.2) is 34.9 Å². The quantitative estimate of drug-likeness (QED) is 0.0561. The normalized spacial score (nSPS) is 13.2. The molecule has 0 aliphatic carbocycles. The molecule has 0 fully saturated rings. The largest absolute Gasteiger partial charge is 0.394 e. The van der Waals surface area contributed by atoms with Crippen LogP contribution in [0.3, 0.4) is 0 Å². The Kier molecular flexibility index (Phi) is 31.9. The van der Waals surface area contributed by atoms with Crippen LogP contribution in [0.15, 0.2) is 12.2 Å². The number of hydrogen-bond acceptors (Lipinski definition) is 3. The lowest BCUT2D eigenvalue weighted by Crippen LogP contribution is -2.45. The fourth-order valence-corrected chi connectivity index (χ4v) is 5.47. The van der Waals surface area contributed by atoms with E-state index in [-0.39, 0.29) is 12.5 Å².